The van der Waals surface area contributed by atoms with Crippen molar-refractivity contribution in [2.75, 3.05) is 0 Å². The monoisotopic (exact) mass is 323 g/mol. The Balaban J connectivity index is 2.19. The first-order chi connectivity index (χ1) is 9.10. The highest BCUT2D eigenvalue weighted by Crippen LogP contribution is 2.29. The van der Waals surface area contributed by atoms with Gasteiger partial charge < -0.3 is 4.74 Å². The number of nitrogens with zero attached hydrogens (tertiary/aromatic N) is 1. The van der Waals surface area contributed by atoms with Gasteiger partial charge in [0.05, 0.1) is 10.7 Å². The molecule has 0 saturated heterocycles. The Labute approximate surface area is 118 Å². The summed E-state index contributed by atoms with van der Waals surface area (Å²) in [4.78, 5) is 15.4. The van der Waals surface area contributed by atoms with E-state index in [4.69, 9.17) is 4.74 Å². The molecule has 0 N–H and O–H groups in total. The number of Topliss-reactive ketones (excluding diaryl/α,β-unsaturated/α-hetero) is 1. The van der Waals surface area contributed by atoms with Gasteiger partial charge in [0.15, 0.2) is 5.78 Å². The van der Waals surface area contributed by atoms with Gasteiger partial charge in [-0.2, -0.15) is 0 Å². The van der Waals surface area contributed by atoms with Crippen LogP contribution in [0.15, 0.2) is 41.0 Å². The van der Waals surface area contributed by atoms with Gasteiger partial charge in [0, 0.05) is 12.5 Å². The first-order valence-corrected chi connectivity index (χ1v) is 6.51. The number of hydrogen-bond acceptors (Lipinski definition) is 3. The second-order valence-corrected chi connectivity index (χ2v) is 4.69. The highest BCUT2D eigenvalue weighted by atomic mass is 79.9. The van der Waals surface area contributed by atoms with Crippen LogP contribution < -0.4 is 4.74 Å². The molecule has 1 aromatic heterocycles. The van der Waals surface area contributed by atoms with Crippen molar-refractivity contribution in [3.63, 3.8) is 0 Å². The summed E-state index contributed by atoms with van der Waals surface area (Å²) in [5.41, 5.74) is 0.396. The van der Waals surface area contributed by atoms with Gasteiger partial charge in [-0.05, 0) is 40.2 Å². The fourth-order valence-corrected chi connectivity index (χ4v) is 1.80. The van der Waals surface area contributed by atoms with Crippen LogP contribution in [0, 0.1) is 5.82 Å². The third kappa shape index (κ3) is 3.38. The number of aromatic nitrogens is 1. The van der Waals surface area contributed by atoms with Crippen molar-refractivity contribution in [2.45, 2.75) is 13.3 Å². The summed E-state index contributed by atoms with van der Waals surface area (Å²) < 4.78 is 19.2. The van der Waals surface area contributed by atoms with E-state index in [1.165, 1.54) is 18.3 Å². The van der Waals surface area contributed by atoms with Crippen molar-refractivity contribution >= 4 is 21.7 Å². The third-order valence-electron chi connectivity index (χ3n) is 2.46. The molecule has 0 aliphatic carbocycles. The Bertz CT molecular complexity index is 599. The summed E-state index contributed by atoms with van der Waals surface area (Å²) >= 11 is 3.27. The highest BCUT2D eigenvalue weighted by Gasteiger charge is 2.07. The summed E-state index contributed by atoms with van der Waals surface area (Å²) in [7, 11) is 0. The molecule has 98 valence electrons. The predicted molar refractivity (Wildman–Crippen MR) is 73.0 cm³/mol. The van der Waals surface area contributed by atoms with E-state index in [1.807, 2.05) is 0 Å². The van der Waals surface area contributed by atoms with E-state index in [9.17, 15) is 9.18 Å². The summed E-state index contributed by atoms with van der Waals surface area (Å²) in [5, 5.41) is 0. The molecule has 5 heteroatoms. The molecule has 0 aliphatic rings. The zero-order valence-electron chi connectivity index (χ0n) is 10.2. The molecular formula is C14H11BrFNO2. The van der Waals surface area contributed by atoms with E-state index < -0.39 is 0 Å². The van der Waals surface area contributed by atoms with Gasteiger partial charge in [0.1, 0.15) is 23.0 Å². The average molecular weight is 324 g/mol. The van der Waals surface area contributed by atoms with Crippen molar-refractivity contribution in [1.82, 2.24) is 4.98 Å². The van der Waals surface area contributed by atoms with Crippen molar-refractivity contribution < 1.29 is 13.9 Å². The number of benzene rings is 1. The predicted octanol–water partition coefficient (Wildman–Crippen LogP) is 4.37. The minimum atomic E-state index is -0.385. The van der Waals surface area contributed by atoms with E-state index in [0.717, 1.165) is 0 Å². The number of rotatable bonds is 4. The van der Waals surface area contributed by atoms with Crippen LogP contribution in [0.1, 0.15) is 23.8 Å². The van der Waals surface area contributed by atoms with Crippen molar-refractivity contribution in [1.29, 1.82) is 0 Å². The van der Waals surface area contributed by atoms with E-state index in [2.05, 4.69) is 20.9 Å². The summed E-state index contributed by atoms with van der Waals surface area (Å²) in [6.45, 7) is 1.78. The van der Waals surface area contributed by atoms with Crippen molar-refractivity contribution in [3.05, 3.63) is 52.5 Å². The summed E-state index contributed by atoms with van der Waals surface area (Å²) in [6, 6.07) is 7.39. The maximum absolute atomic E-state index is 13.1. The van der Waals surface area contributed by atoms with Gasteiger partial charge in [0.25, 0.3) is 0 Å². The van der Waals surface area contributed by atoms with Crippen molar-refractivity contribution in [3.8, 4) is 11.5 Å². The number of halogens is 2. The summed E-state index contributed by atoms with van der Waals surface area (Å²) in [5.74, 6) is 0.387. The molecule has 0 bridgehead atoms. The molecule has 0 amide bonds. The molecule has 0 aliphatic heterocycles. The number of carbonyl (C=O) groups excluding carboxylic acids is 1. The van der Waals surface area contributed by atoms with Crippen LogP contribution in [0.25, 0.3) is 0 Å². The number of ketones is 1. The van der Waals surface area contributed by atoms with E-state index in [1.54, 1.807) is 25.1 Å². The molecule has 2 aromatic rings. The lowest BCUT2D eigenvalue weighted by Crippen LogP contribution is -1.99. The van der Waals surface area contributed by atoms with Gasteiger partial charge in [-0.1, -0.05) is 6.92 Å². The molecule has 0 fully saturated rings. The van der Waals surface area contributed by atoms with Gasteiger partial charge in [0.2, 0.25) is 0 Å². The molecule has 0 radical (unpaired) electrons. The van der Waals surface area contributed by atoms with Crippen molar-refractivity contribution in [2.24, 2.45) is 0 Å². The van der Waals surface area contributed by atoms with Crippen LogP contribution in [0.2, 0.25) is 0 Å². The van der Waals surface area contributed by atoms with Gasteiger partial charge in [-0.3, -0.25) is 4.79 Å². The molecule has 19 heavy (non-hydrogen) atoms. The number of ether oxygens (including phenoxy) is 1. The molecule has 1 aromatic carbocycles. The topological polar surface area (TPSA) is 39.2 Å². The minimum absolute atomic E-state index is 0.0292. The van der Waals surface area contributed by atoms with Crippen LogP contribution >= 0.6 is 15.9 Å². The fraction of sp³-hybridized carbons (Fsp3) is 0.143. The molecule has 3 nitrogen and oxygen atoms in total. The maximum atomic E-state index is 13.1. The zero-order chi connectivity index (χ0) is 13.8. The third-order valence-corrected chi connectivity index (χ3v) is 3.12. The van der Waals surface area contributed by atoms with E-state index in [-0.39, 0.29) is 11.6 Å². The summed E-state index contributed by atoms with van der Waals surface area (Å²) in [6.07, 6.45) is 1.85. The molecule has 0 atom stereocenters. The lowest BCUT2D eigenvalue weighted by atomic mass is 10.2. The Morgan fingerprint density at radius 2 is 2.16 bits per heavy atom. The van der Waals surface area contributed by atoms with Crippen LogP contribution in [-0.4, -0.2) is 10.8 Å². The van der Waals surface area contributed by atoms with E-state index in [0.29, 0.717) is 28.1 Å². The Morgan fingerprint density at radius 1 is 1.37 bits per heavy atom. The average Bonchev–Trinajstić information content (AvgIpc) is 2.43. The van der Waals surface area contributed by atoms with Gasteiger partial charge >= 0.3 is 0 Å². The number of hydrogen-bond donors (Lipinski definition) is 0. The SMILES string of the molecule is CCC(=O)c1ccc(Oc2cc(F)ccc2Br)cn1. The first-order valence-electron chi connectivity index (χ1n) is 5.72. The molecule has 2 rings (SSSR count). The Kier molecular flexibility index (Phi) is 4.27. The molecule has 1 heterocycles. The smallest absolute Gasteiger partial charge is 0.180 e. The Hall–Kier alpha value is -1.75. The standard InChI is InChI=1S/C14H11BrFNO2/c1-2-13(18)12-6-4-10(8-17-12)19-14-7-9(16)3-5-11(14)15/h3-8H,2H2,1H3. The lowest BCUT2D eigenvalue weighted by molar-refractivity contribution is 0.0983. The second kappa shape index (κ2) is 5.93. The second-order valence-electron chi connectivity index (χ2n) is 3.83. The first kappa shape index (κ1) is 13.7. The Morgan fingerprint density at radius 3 is 2.79 bits per heavy atom. The molecular weight excluding hydrogens is 313 g/mol. The van der Waals surface area contributed by atoms with E-state index >= 15 is 0 Å². The van der Waals surface area contributed by atoms with Crippen LogP contribution in [-0.2, 0) is 0 Å². The quantitative estimate of drug-likeness (QED) is 0.784. The number of carbonyl (C=O) groups is 1. The normalized spacial score (nSPS) is 10.3. The minimum Gasteiger partial charge on any atom is -0.454 e. The molecule has 0 spiro atoms. The van der Waals surface area contributed by atoms with Crippen LogP contribution in [0.5, 0.6) is 11.5 Å². The molecule has 0 saturated carbocycles. The van der Waals surface area contributed by atoms with Gasteiger partial charge in [-0.15, -0.1) is 0 Å². The fourth-order valence-electron chi connectivity index (χ4n) is 1.47. The maximum Gasteiger partial charge on any atom is 0.180 e. The molecule has 0 unspecified atom stereocenters. The highest BCUT2D eigenvalue weighted by molar-refractivity contribution is 9.10. The lowest BCUT2D eigenvalue weighted by Gasteiger charge is -2.07. The van der Waals surface area contributed by atoms with Crippen LogP contribution in [0.4, 0.5) is 4.39 Å². The number of pyridine rings is 1. The van der Waals surface area contributed by atoms with Crippen LogP contribution in [0.3, 0.4) is 0 Å². The van der Waals surface area contributed by atoms with Gasteiger partial charge in [-0.25, -0.2) is 9.37 Å². The zero-order valence-corrected chi connectivity index (χ0v) is 11.8. The largest absolute Gasteiger partial charge is 0.454 e.